The standard InChI is InChI=1S/C9H15N3/c1-5-8(9(2,3)4)6-11-7-12-10/h5-7,10H,1H2,2-4H3/b8-6+,11-7?,12-10?. The number of aliphatic imine (C=N–C) groups is 1. The first kappa shape index (κ1) is 10.8. The molecule has 0 aliphatic heterocycles. The molecule has 1 N–H and O–H groups in total. The van der Waals surface area contributed by atoms with Gasteiger partial charge in [0.15, 0.2) is 0 Å². The molecule has 12 heavy (non-hydrogen) atoms. The van der Waals surface area contributed by atoms with Crippen molar-refractivity contribution < 1.29 is 0 Å². The summed E-state index contributed by atoms with van der Waals surface area (Å²) in [6.45, 7) is 9.92. The lowest BCUT2D eigenvalue weighted by Gasteiger charge is -2.18. The van der Waals surface area contributed by atoms with Crippen molar-refractivity contribution in [3.8, 4) is 0 Å². The fraction of sp³-hybridized carbons (Fsp3) is 0.444. The highest BCUT2D eigenvalue weighted by Gasteiger charge is 2.13. The lowest BCUT2D eigenvalue weighted by atomic mass is 9.87. The zero-order chi connectivity index (χ0) is 9.61. The van der Waals surface area contributed by atoms with Gasteiger partial charge in [-0.2, -0.15) is 0 Å². The van der Waals surface area contributed by atoms with E-state index in [0.717, 1.165) is 5.57 Å². The minimum Gasteiger partial charge on any atom is -0.243 e. The van der Waals surface area contributed by atoms with Crippen LogP contribution in [0.15, 0.2) is 34.5 Å². The Balaban J connectivity index is 4.55. The van der Waals surface area contributed by atoms with Crippen LogP contribution in [0.25, 0.3) is 0 Å². The van der Waals surface area contributed by atoms with Crippen molar-refractivity contribution in [3.63, 3.8) is 0 Å². The van der Waals surface area contributed by atoms with E-state index in [4.69, 9.17) is 5.53 Å². The molecule has 0 aromatic heterocycles. The Labute approximate surface area is 73.4 Å². The Bertz CT molecular complexity index is 218. The molecule has 0 radical (unpaired) electrons. The first-order valence-corrected chi connectivity index (χ1v) is 3.73. The molecule has 66 valence electrons. The van der Waals surface area contributed by atoms with E-state index in [0.29, 0.717) is 0 Å². The Morgan fingerprint density at radius 2 is 2.00 bits per heavy atom. The van der Waals surface area contributed by atoms with Crippen LogP contribution >= 0.6 is 0 Å². The van der Waals surface area contributed by atoms with Crippen molar-refractivity contribution in [1.82, 2.24) is 0 Å². The Morgan fingerprint density at radius 3 is 2.33 bits per heavy atom. The predicted octanol–water partition coefficient (Wildman–Crippen LogP) is 3.16. The van der Waals surface area contributed by atoms with E-state index in [1.165, 1.54) is 6.34 Å². The molecule has 0 spiro atoms. The molecule has 0 fully saturated rings. The van der Waals surface area contributed by atoms with Crippen LogP contribution in [0.3, 0.4) is 0 Å². The smallest absolute Gasteiger partial charge is 0.137 e. The van der Waals surface area contributed by atoms with E-state index in [1.807, 2.05) is 0 Å². The van der Waals surface area contributed by atoms with Crippen LogP contribution in [0.4, 0.5) is 0 Å². The van der Waals surface area contributed by atoms with Crippen molar-refractivity contribution in [2.75, 3.05) is 0 Å². The van der Waals surface area contributed by atoms with Crippen LogP contribution in [-0.4, -0.2) is 6.34 Å². The summed E-state index contributed by atoms with van der Waals surface area (Å²) < 4.78 is 0. The van der Waals surface area contributed by atoms with Gasteiger partial charge in [0.1, 0.15) is 6.34 Å². The van der Waals surface area contributed by atoms with Gasteiger partial charge in [0, 0.05) is 6.20 Å². The molecule has 0 saturated carbocycles. The molecule has 0 amide bonds. The van der Waals surface area contributed by atoms with Gasteiger partial charge in [-0.25, -0.2) is 10.5 Å². The van der Waals surface area contributed by atoms with Crippen LogP contribution in [-0.2, 0) is 0 Å². The molecule has 0 aliphatic rings. The van der Waals surface area contributed by atoms with Gasteiger partial charge in [0.05, 0.1) is 0 Å². The summed E-state index contributed by atoms with van der Waals surface area (Å²) >= 11 is 0. The number of hydrogen-bond donors (Lipinski definition) is 1. The number of hydrogen-bond acceptors (Lipinski definition) is 2. The van der Waals surface area contributed by atoms with Gasteiger partial charge in [-0.05, 0) is 11.0 Å². The van der Waals surface area contributed by atoms with Crippen molar-refractivity contribution in [3.05, 3.63) is 24.4 Å². The van der Waals surface area contributed by atoms with E-state index in [9.17, 15) is 0 Å². The molecule has 0 aromatic carbocycles. The normalized spacial score (nSPS) is 13.4. The summed E-state index contributed by atoms with van der Waals surface area (Å²) in [5.41, 5.74) is 7.55. The van der Waals surface area contributed by atoms with Gasteiger partial charge in [-0.1, -0.05) is 33.4 Å². The summed E-state index contributed by atoms with van der Waals surface area (Å²) in [5, 5.41) is 3.00. The Hall–Kier alpha value is -1.25. The van der Waals surface area contributed by atoms with Crippen molar-refractivity contribution >= 4 is 6.34 Å². The molecular weight excluding hydrogens is 150 g/mol. The van der Waals surface area contributed by atoms with Gasteiger partial charge in [0.25, 0.3) is 0 Å². The topological polar surface area (TPSA) is 48.6 Å². The van der Waals surface area contributed by atoms with E-state index in [1.54, 1.807) is 12.3 Å². The maximum absolute atomic E-state index is 6.48. The zero-order valence-corrected chi connectivity index (χ0v) is 7.83. The SMILES string of the molecule is C=C/C(=C\N=CN=N)C(C)(C)C. The maximum atomic E-state index is 6.48. The van der Waals surface area contributed by atoms with E-state index < -0.39 is 0 Å². The number of allylic oxidation sites excluding steroid dienone is 2. The minimum absolute atomic E-state index is 0.0428. The average Bonchev–Trinajstić information content (AvgIpc) is 1.95. The zero-order valence-electron chi connectivity index (χ0n) is 7.83. The van der Waals surface area contributed by atoms with Crippen LogP contribution in [0.5, 0.6) is 0 Å². The second-order valence-corrected chi connectivity index (χ2v) is 3.43. The summed E-state index contributed by atoms with van der Waals surface area (Å²) in [6, 6.07) is 0. The quantitative estimate of drug-likeness (QED) is 0.289. The van der Waals surface area contributed by atoms with Crippen LogP contribution in [0, 0.1) is 10.9 Å². The van der Waals surface area contributed by atoms with Crippen LogP contribution in [0.2, 0.25) is 0 Å². The molecule has 0 heterocycles. The summed E-state index contributed by atoms with van der Waals surface area (Å²) in [6.07, 6.45) is 4.63. The predicted molar refractivity (Wildman–Crippen MR) is 51.4 cm³/mol. The summed E-state index contributed by atoms with van der Waals surface area (Å²) in [4.78, 5) is 3.82. The molecule has 0 unspecified atom stereocenters. The van der Waals surface area contributed by atoms with E-state index in [-0.39, 0.29) is 5.41 Å². The molecule has 3 nitrogen and oxygen atoms in total. The van der Waals surface area contributed by atoms with Crippen LogP contribution < -0.4 is 0 Å². The summed E-state index contributed by atoms with van der Waals surface area (Å²) in [5.74, 6) is 0. The highest BCUT2D eigenvalue weighted by molar-refractivity contribution is 5.55. The fourth-order valence-electron chi connectivity index (χ4n) is 0.700. The van der Waals surface area contributed by atoms with Crippen LogP contribution in [0.1, 0.15) is 20.8 Å². The molecule has 0 aliphatic carbocycles. The third-order valence-corrected chi connectivity index (χ3v) is 1.42. The van der Waals surface area contributed by atoms with Gasteiger partial charge in [0.2, 0.25) is 0 Å². The monoisotopic (exact) mass is 165 g/mol. The molecular formula is C9H15N3. The van der Waals surface area contributed by atoms with Crippen molar-refractivity contribution in [2.24, 2.45) is 15.5 Å². The highest BCUT2D eigenvalue weighted by atomic mass is 15.0. The first-order chi connectivity index (χ1) is 5.52. The molecule has 3 heteroatoms. The Kier molecular flexibility index (Phi) is 4.11. The van der Waals surface area contributed by atoms with E-state index >= 15 is 0 Å². The van der Waals surface area contributed by atoms with Gasteiger partial charge in [-0.15, -0.1) is 5.11 Å². The second-order valence-electron chi connectivity index (χ2n) is 3.43. The summed E-state index contributed by atoms with van der Waals surface area (Å²) in [7, 11) is 0. The molecule has 0 saturated heterocycles. The fourth-order valence-corrected chi connectivity index (χ4v) is 0.700. The third-order valence-electron chi connectivity index (χ3n) is 1.42. The lowest BCUT2D eigenvalue weighted by Crippen LogP contribution is -2.06. The van der Waals surface area contributed by atoms with E-state index in [2.05, 4.69) is 37.5 Å². The Morgan fingerprint density at radius 1 is 1.42 bits per heavy atom. The molecule has 0 bridgehead atoms. The first-order valence-electron chi connectivity index (χ1n) is 3.73. The largest absolute Gasteiger partial charge is 0.243 e. The molecule has 0 rings (SSSR count). The average molecular weight is 165 g/mol. The number of nitrogens with one attached hydrogen (secondary N) is 1. The van der Waals surface area contributed by atoms with Crippen molar-refractivity contribution in [1.29, 1.82) is 5.53 Å². The third kappa shape index (κ3) is 3.81. The maximum Gasteiger partial charge on any atom is 0.137 e. The molecule has 0 atom stereocenters. The number of rotatable bonds is 3. The number of nitrogens with zero attached hydrogens (tertiary/aromatic N) is 2. The molecule has 0 aromatic rings. The van der Waals surface area contributed by atoms with Gasteiger partial charge < -0.3 is 0 Å². The second kappa shape index (κ2) is 4.59. The van der Waals surface area contributed by atoms with Gasteiger partial charge >= 0.3 is 0 Å². The minimum atomic E-state index is 0.0428. The highest BCUT2D eigenvalue weighted by Crippen LogP contribution is 2.25. The van der Waals surface area contributed by atoms with Gasteiger partial charge in [-0.3, -0.25) is 0 Å². The van der Waals surface area contributed by atoms with Crippen molar-refractivity contribution in [2.45, 2.75) is 20.8 Å². The lowest BCUT2D eigenvalue weighted by molar-refractivity contribution is 0.516.